The minimum absolute atomic E-state index is 0.272. The highest BCUT2D eigenvalue weighted by Gasteiger charge is 2.15. The molecule has 3 nitrogen and oxygen atoms in total. The van der Waals surface area contributed by atoms with Crippen LogP contribution in [0.2, 0.25) is 0 Å². The molecule has 0 aliphatic heterocycles. The van der Waals surface area contributed by atoms with Gasteiger partial charge in [0, 0.05) is 12.8 Å². The van der Waals surface area contributed by atoms with Gasteiger partial charge in [-0.3, -0.25) is 4.79 Å². The maximum atomic E-state index is 12.5. The molecule has 2 rings (SSSR count). The Labute approximate surface area is 170 Å². The molecular weight excluding hydrogens is 348 g/mol. The molecule has 0 radical (unpaired) electrons. The van der Waals surface area contributed by atoms with Crippen molar-refractivity contribution in [1.82, 2.24) is 0 Å². The second kappa shape index (κ2) is 10.3. The highest BCUT2D eigenvalue weighted by Crippen LogP contribution is 2.32. The van der Waals surface area contributed by atoms with Crippen molar-refractivity contribution in [2.75, 3.05) is 14.2 Å². The first kappa shape index (κ1) is 22.0. The molecule has 0 fully saturated rings. The summed E-state index contributed by atoms with van der Waals surface area (Å²) in [6.45, 7) is 8.63. The zero-order chi connectivity index (χ0) is 20.7. The number of hydrogen-bond donors (Lipinski definition) is 0. The quantitative estimate of drug-likeness (QED) is 0.499. The van der Waals surface area contributed by atoms with Crippen LogP contribution < -0.4 is 9.47 Å². The van der Waals surface area contributed by atoms with E-state index in [0.717, 1.165) is 22.6 Å². The van der Waals surface area contributed by atoms with Crippen molar-refractivity contribution in [2.45, 2.75) is 65.2 Å². The third-order valence-corrected chi connectivity index (χ3v) is 5.25. The molecule has 3 heteroatoms. The van der Waals surface area contributed by atoms with Gasteiger partial charge < -0.3 is 9.47 Å². The van der Waals surface area contributed by atoms with Crippen LogP contribution in [-0.4, -0.2) is 20.0 Å². The topological polar surface area (TPSA) is 35.5 Å². The SMILES string of the molecule is COc1c(CCC(=O)CCc2cccc(C(C)C)c2OC)cccc1C(C)C. The zero-order valence-electron chi connectivity index (χ0n) is 18.2. The Morgan fingerprint density at radius 1 is 0.750 bits per heavy atom. The van der Waals surface area contributed by atoms with Crippen LogP contribution in [0.15, 0.2) is 36.4 Å². The van der Waals surface area contributed by atoms with Crippen LogP contribution in [0.4, 0.5) is 0 Å². The van der Waals surface area contributed by atoms with Gasteiger partial charge in [-0.25, -0.2) is 0 Å². The molecule has 0 spiro atoms. The van der Waals surface area contributed by atoms with Gasteiger partial charge >= 0.3 is 0 Å². The summed E-state index contributed by atoms with van der Waals surface area (Å²) >= 11 is 0. The number of para-hydroxylation sites is 2. The normalized spacial score (nSPS) is 11.1. The monoisotopic (exact) mass is 382 g/mol. The number of aryl methyl sites for hydroxylation is 2. The van der Waals surface area contributed by atoms with Crippen molar-refractivity contribution in [3.8, 4) is 11.5 Å². The minimum atomic E-state index is 0.272. The number of rotatable bonds is 10. The summed E-state index contributed by atoms with van der Waals surface area (Å²) in [5, 5.41) is 0. The van der Waals surface area contributed by atoms with Gasteiger partial charge in [-0.2, -0.15) is 0 Å². The lowest BCUT2D eigenvalue weighted by molar-refractivity contribution is -0.119. The Morgan fingerprint density at radius 3 is 1.46 bits per heavy atom. The third kappa shape index (κ3) is 5.37. The molecule has 0 aliphatic rings. The average molecular weight is 383 g/mol. The van der Waals surface area contributed by atoms with Gasteiger partial charge in [-0.05, 0) is 46.9 Å². The smallest absolute Gasteiger partial charge is 0.133 e. The number of benzene rings is 2. The predicted molar refractivity (Wildman–Crippen MR) is 116 cm³/mol. The van der Waals surface area contributed by atoms with Crippen molar-refractivity contribution in [3.05, 3.63) is 58.7 Å². The molecule has 0 amide bonds. The summed E-state index contributed by atoms with van der Waals surface area (Å²) in [6, 6.07) is 12.4. The van der Waals surface area contributed by atoms with Crippen LogP contribution in [-0.2, 0) is 17.6 Å². The maximum absolute atomic E-state index is 12.5. The highest BCUT2D eigenvalue weighted by atomic mass is 16.5. The van der Waals surface area contributed by atoms with Crippen LogP contribution >= 0.6 is 0 Å². The van der Waals surface area contributed by atoms with E-state index in [1.54, 1.807) is 14.2 Å². The van der Waals surface area contributed by atoms with Crippen molar-refractivity contribution in [3.63, 3.8) is 0 Å². The largest absolute Gasteiger partial charge is 0.496 e. The number of Topliss-reactive ketones (excluding diaryl/α,β-unsaturated/α-hetero) is 1. The van der Waals surface area contributed by atoms with Gasteiger partial charge in [0.25, 0.3) is 0 Å². The molecule has 0 saturated heterocycles. The highest BCUT2D eigenvalue weighted by molar-refractivity contribution is 5.79. The zero-order valence-corrected chi connectivity index (χ0v) is 18.2. The van der Waals surface area contributed by atoms with Crippen LogP contribution in [0.3, 0.4) is 0 Å². The molecule has 152 valence electrons. The minimum Gasteiger partial charge on any atom is -0.496 e. The number of ketones is 1. The lowest BCUT2D eigenvalue weighted by Gasteiger charge is -2.16. The lowest BCUT2D eigenvalue weighted by Crippen LogP contribution is -2.06. The summed E-state index contributed by atoms with van der Waals surface area (Å²) < 4.78 is 11.3. The molecule has 2 aromatic rings. The molecule has 0 aliphatic carbocycles. The predicted octanol–water partition coefficient (Wildman–Crippen LogP) is 6.09. The Hall–Kier alpha value is -2.29. The summed E-state index contributed by atoms with van der Waals surface area (Å²) in [4.78, 5) is 12.5. The van der Waals surface area contributed by atoms with Gasteiger partial charge in [0.2, 0.25) is 0 Å². The number of hydrogen-bond acceptors (Lipinski definition) is 3. The second-order valence-corrected chi connectivity index (χ2v) is 7.93. The fraction of sp³-hybridized carbons (Fsp3) is 0.480. The summed E-state index contributed by atoms with van der Waals surface area (Å²) in [7, 11) is 3.42. The van der Waals surface area contributed by atoms with Crippen molar-refractivity contribution in [1.29, 1.82) is 0 Å². The van der Waals surface area contributed by atoms with Gasteiger partial charge in [-0.1, -0.05) is 64.1 Å². The van der Waals surface area contributed by atoms with Crippen molar-refractivity contribution < 1.29 is 14.3 Å². The maximum Gasteiger partial charge on any atom is 0.133 e. The van der Waals surface area contributed by atoms with E-state index in [2.05, 4.69) is 64.1 Å². The van der Waals surface area contributed by atoms with E-state index >= 15 is 0 Å². The average Bonchev–Trinajstić information content (AvgIpc) is 2.69. The van der Waals surface area contributed by atoms with E-state index in [0.29, 0.717) is 37.5 Å². The standard InChI is InChI=1S/C25H34O3/c1-17(2)22-11-7-9-19(24(22)27-5)13-15-21(26)16-14-20-10-8-12-23(18(3)4)25(20)28-6/h7-12,17-18H,13-16H2,1-6H3. The molecule has 0 bridgehead atoms. The number of carbonyl (C=O) groups excluding carboxylic acids is 1. The molecule has 0 aromatic heterocycles. The molecule has 2 aromatic carbocycles. The fourth-order valence-corrected chi connectivity index (χ4v) is 3.68. The molecule has 0 saturated carbocycles. The van der Waals surface area contributed by atoms with E-state index in [-0.39, 0.29) is 5.78 Å². The Kier molecular flexibility index (Phi) is 8.10. The summed E-state index contributed by atoms with van der Waals surface area (Å²) in [6.07, 6.45) is 2.49. The Morgan fingerprint density at radius 2 is 1.14 bits per heavy atom. The number of ether oxygens (including phenoxy) is 2. The summed E-state index contributed by atoms with van der Waals surface area (Å²) in [5.74, 6) is 2.92. The molecule has 0 unspecified atom stereocenters. The van der Waals surface area contributed by atoms with Crippen molar-refractivity contribution in [2.24, 2.45) is 0 Å². The van der Waals surface area contributed by atoms with Gasteiger partial charge in [0.1, 0.15) is 17.3 Å². The molecule has 0 N–H and O–H groups in total. The van der Waals surface area contributed by atoms with Crippen LogP contribution in [0.25, 0.3) is 0 Å². The first-order chi connectivity index (χ1) is 13.4. The third-order valence-electron chi connectivity index (χ3n) is 5.25. The lowest BCUT2D eigenvalue weighted by atomic mass is 9.94. The van der Waals surface area contributed by atoms with E-state index in [4.69, 9.17) is 9.47 Å². The van der Waals surface area contributed by atoms with Crippen LogP contribution in [0.1, 0.15) is 74.6 Å². The van der Waals surface area contributed by atoms with Gasteiger partial charge in [-0.15, -0.1) is 0 Å². The Balaban J connectivity index is 2.01. The molecule has 28 heavy (non-hydrogen) atoms. The first-order valence-corrected chi connectivity index (χ1v) is 10.2. The first-order valence-electron chi connectivity index (χ1n) is 10.2. The number of carbonyl (C=O) groups is 1. The molecular formula is C25H34O3. The Bertz CT molecular complexity index is 725. The summed E-state index contributed by atoms with van der Waals surface area (Å²) in [5.41, 5.74) is 4.62. The van der Waals surface area contributed by atoms with E-state index < -0.39 is 0 Å². The van der Waals surface area contributed by atoms with E-state index in [9.17, 15) is 4.79 Å². The van der Waals surface area contributed by atoms with Gasteiger partial charge in [0.05, 0.1) is 14.2 Å². The van der Waals surface area contributed by atoms with Gasteiger partial charge in [0.15, 0.2) is 0 Å². The van der Waals surface area contributed by atoms with Crippen LogP contribution in [0.5, 0.6) is 11.5 Å². The molecule has 0 heterocycles. The number of methoxy groups -OCH3 is 2. The fourth-order valence-electron chi connectivity index (χ4n) is 3.68. The van der Waals surface area contributed by atoms with E-state index in [1.807, 2.05) is 0 Å². The second-order valence-electron chi connectivity index (χ2n) is 7.93. The van der Waals surface area contributed by atoms with Crippen molar-refractivity contribution >= 4 is 5.78 Å². The molecule has 0 atom stereocenters. The van der Waals surface area contributed by atoms with E-state index in [1.165, 1.54) is 11.1 Å². The van der Waals surface area contributed by atoms with Crippen LogP contribution in [0, 0.1) is 0 Å².